The highest BCUT2D eigenvalue weighted by Crippen LogP contribution is 2.14. The van der Waals surface area contributed by atoms with Gasteiger partial charge in [-0.1, -0.05) is 0 Å². The first-order chi connectivity index (χ1) is 9.60. The fourth-order valence-corrected chi connectivity index (χ4v) is 3.50. The molecular weight excluding hydrogens is 260 g/mol. The van der Waals surface area contributed by atoms with Gasteiger partial charge in [0.05, 0.1) is 0 Å². The molecule has 126 valence electrons. The van der Waals surface area contributed by atoms with E-state index in [9.17, 15) is 0 Å². The number of nitrogens with one attached hydrogen (secondary N) is 4. The number of hydrogen-bond acceptors (Lipinski definition) is 4. The average molecular weight is 299 g/mol. The summed E-state index contributed by atoms with van der Waals surface area (Å²) in [5.41, 5.74) is 0.344. The molecule has 4 N–H and O–H groups in total. The Kier molecular flexibility index (Phi) is 7.11. The van der Waals surface area contributed by atoms with Crippen molar-refractivity contribution in [3.8, 4) is 0 Å². The van der Waals surface area contributed by atoms with Gasteiger partial charge in [0.1, 0.15) is 0 Å². The van der Waals surface area contributed by atoms with E-state index < -0.39 is 0 Å². The van der Waals surface area contributed by atoms with Crippen LogP contribution >= 0.6 is 0 Å². The second-order valence-corrected chi connectivity index (χ2v) is 8.31. The van der Waals surface area contributed by atoms with Crippen LogP contribution in [-0.4, -0.2) is 48.8 Å². The van der Waals surface area contributed by atoms with Crippen LogP contribution in [0.25, 0.3) is 0 Å². The molecule has 0 amide bonds. The van der Waals surface area contributed by atoms with Gasteiger partial charge in [0.15, 0.2) is 0 Å². The van der Waals surface area contributed by atoms with Crippen LogP contribution < -0.4 is 21.3 Å². The van der Waals surface area contributed by atoms with E-state index in [1.807, 2.05) is 0 Å². The summed E-state index contributed by atoms with van der Waals surface area (Å²) in [5.74, 6) is 0. The first kappa shape index (κ1) is 18.9. The molecule has 1 saturated heterocycles. The molecule has 0 aromatic carbocycles. The van der Waals surface area contributed by atoms with Gasteiger partial charge in [-0.05, 0) is 61.3 Å². The molecule has 3 atom stereocenters. The minimum absolute atomic E-state index is 0.169. The van der Waals surface area contributed by atoms with Crippen LogP contribution in [0.4, 0.5) is 0 Å². The van der Waals surface area contributed by atoms with E-state index in [2.05, 4.69) is 69.7 Å². The first-order valence-electron chi connectivity index (χ1n) is 8.59. The summed E-state index contributed by atoms with van der Waals surface area (Å²) in [4.78, 5) is 0. The van der Waals surface area contributed by atoms with E-state index in [0.717, 1.165) is 32.5 Å². The van der Waals surface area contributed by atoms with E-state index in [-0.39, 0.29) is 11.1 Å². The van der Waals surface area contributed by atoms with Gasteiger partial charge >= 0.3 is 0 Å². The van der Waals surface area contributed by atoms with Gasteiger partial charge in [0.2, 0.25) is 0 Å². The molecule has 1 rings (SSSR count). The molecule has 4 heteroatoms. The molecule has 0 aromatic heterocycles. The van der Waals surface area contributed by atoms with E-state index >= 15 is 0 Å². The minimum Gasteiger partial charge on any atom is -0.313 e. The molecule has 1 heterocycles. The summed E-state index contributed by atoms with van der Waals surface area (Å²) in [7, 11) is 0. The monoisotopic (exact) mass is 298 g/mol. The van der Waals surface area contributed by atoms with Gasteiger partial charge in [-0.15, -0.1) is 0 Å². The minimum atomic E-state index is 0.169. The lowest BCUT2D eigenvalue weighted by molar-refractivity contribution is 0.267. The third-order valence-electron chi connectivity index (χ3n) is 4.31. The van der Waals surface area contributed by atoms with E-state index in [1.54, 1.807) is 0 Å². The SMILES string of the molecule is CC1CNC(C)(C)C[C@H](C)NCCNC(C)(C)C[C@H](C)N1. The molecule has 21 heavy (non-hydrogen) atoms. The Morgan fingerprint density at radius 2 is 1.29 bits per heavy atom. The molecular formula is C17H38N4. The second kappa shape index (κ2) is 7.91. The van der Waals surface area contributed by atoms with Crippen molar-refractivity contribution < 1.29 is 0 Å². The fourth-order valence-electron chi connectivity index (χ4n) is 3.50. The largest absolute Gasteiger partial charge is 0.313 e. The van der Waals surface area contributed by atoms with Gasteiger partial charge in [-0.3, -0.25) is 0 Å². The van der Waals surface area contributed by atoms with Crippen molar-refractivity contribution in [2.45, 2.75) is 90.5 Å². The Hall–Kier alpha value is -0.160. The van der Waals surface area contributed by atoms with Gasteiger partial charge < -0.3 is 21.3 Å². The van der Waals surface area contributed by atoms with Crippen molar-refractivity contribution in [1.29, 1.82) is 0 Å². The molecule has 0 saturated carbocycles. The van der Waals surface area contributed by atoms with Crippen molar-refractivity contribution in [1.82, 2.24) is 21.3 Å². The van der Waals surface area contributed by atoms with Crippen LogP contribution in [-0.2, 0) is 0 Å². The Bertz CT molecular complexity index is 301. The Labute approximate surface area is 132 Å². The lowest BCUT2D eigenvalue weighted by atomic mass is 9.94. The maximum absolute atomic E-state index is 3.72. The fraction of sp³-hybridized carbons (Fsp3) is 1.00. The highest BCUT2D eigenvalue weighted by atomic mass is 15.1. The highest BCUT2D eigenvalue weighted by Gasteiger charge is 2.24. The molecule has 0 aromatic rings. The zero-order valence-electron chi connectivity index (χ0n) is 15.3. The van der Waals surface area contributed by atoms with E-state index in [4.69, 9.17) is 0 Å². The van der Waals surface area contributed by atoms with Crippen LogP contribution in [0.1, 0.15) is 61.3 Å². The van der Waals surface area contributed by atoms with Crippen molar-refractivity contribution in [2.75, 3.05) is 19.6 Å². The molecule has 1 unspecified atom stereocenters. The molecule has 1 aliphatic rings. The maximum atomic E-state index is 3.72. The maximum Gasteiger partial charge on any atom is 0.0166 e. The van der Waals surface area contributed by atoms with Gasteiger partial charge in [0, 0.05) is 48.8 Å². The lowest BCUT2D eigenvalue weighted by Gasteiger charge is -2.35. The third-order valence-corrected chi connectivity index (χ3v) is 4.31. The summed E-state index contributed by atoms with van der Waals surface area (Å²) in [5, 5.41) is 14.8. The van der Waals surface area contributed by atoms with Crippen molar-refractivity contribution >= 4 is 0 Å². The van der Waals surface area contributed by atoms with Gasteiger partial charge in [-0.2, -0.15) is 0 Å². The molecule has 1 fully saturated rings. The topological polar surface area (TPSA) is 48.1 Å². The van der Waals surface area contributed by atoms with E-state index in [0.29, 0.717) is 18.1 Å². The van der Waals surface area contributed by atoms with Crippen molar-refractivity contribution in [3.05, 3.63) is 0 Å². The smallest absolute Gasteiger partial charge is 0.0166 e. The molecule has 0 bridgehead atoms. The zero-order valence-corrected chi connectivity index (χ0v) is 15.3. The summed E-state index contributed by atoms with van der Waals surface area (Å²) in [6.07, 6.45) is 2.27. The van der Waals surface area contributed by atoms with Gasteiger partial charge in [0.25, 0.3) is 0 Å². The first-order valence-corrected chi connectivity index (χ1v) is 8.59. The molecule has 0 aliphatic carbocycles. The molecule has 0 radical (unpaired) electrons. The zero-order chi connectivity index (χ0) is 16.1. The van der Waals surface area contributed by atoms with Gasteiger partial charge in [-0.25, -0.2) is 0 Å². The highest BCUT2D eigenvalue weighted by molar-refractivity contribution is 4.87. The quantitative estimate of drug-likeness (QED) is 0.551. The van der Waals surface area contributed by atoms with Crippen LogP contribution in [0.3, 0.4) is 0 Å². The van der Waals surface area contributed by atoms with Crippen molar-refractivity contribution in [2.24, 2.45) is 0 Å². The van der Waals surface area contributed by atoms with E-state index in [1.165, 1.54) is 0 Å². The Morgan fingerprint density at radius 3 is 1.95 bits per heavy atom. The number of hydrogen-bond donors (Lipinski definition) is 4. The predicted octanol–water partition coefficient (Wildman–Crippen LogP) is 1.86. The standard InChI is InChI=1S/C17H38N4/c1-13-10-17(6,7)20-12-15(3)21-14(2)11-16(4,5)19-9-8-18-13/h13-15,18-21H,8-12H2,1-7H3/t13-,14-,15?/m0/s1. The Morgan fingerprint density at radius 1 is 0.714 bits per heavy atom. The molecule has 1 aliphatic heterocycles. The molecule has 0 spiro atoms. The van der Waals surface area contributed by atoms with Crippen LogP contribution in [0.15, 0.2) is 0 Å². The average Bonchev–Trinajstić information content (AvgIpc) is 2.30. The van der Waals surface area contributed by atoms with Crippen LogP contribution in [0.5, 0.6) is 0 Å². The lowest BCUT2D eigenvalue weighted by Crippen LogP contribution is -2.53. The summed E-state index contributed by atoms with van der Waals surface area (Å²) < 4.78 is 0. The second-order valence-electron chi connectivity index (χ2n) is 8.31. The molecule has 4 nitrogen and oxygen atoms in total. The predicted molar refractivity (Wildman–Crippen MR) is 92.9 cm³/mol. The number of rotatable bonds is 0. The van der Waals surface area contributed by atoms with Crippen LogP contribution in [0, 0.1) is 0 Å². The third kappa shape index (κ3) is 8.15. The Balaban J connectivity index is 2.65. The summed E-state index contributed by atoms with van der Waals surface area (Å²) >= 11 is 0. The normalized spacial score (nSPS) is 35.9. The van der Waals surface area contributed by atoms with Crippen LogP contribution in [0.2, 0.25) is 0 Å². The van der Waals surface area contributed by atoms with Crippen molar-refractivity contribution in [3.63, 3.8) is 0 Å². The summed E-state index contributed by atoms with van der Waals surface area (Å²) in [6, 6.07) is 1.53. The summed E-state index contributed by atoms with van der Waals surface area (Å²) in [6.45, 7) is 19.1.